The number of hydrogen-bond donors (Lipinski definition) is 3. The van der Waals surface area contributed by atoms with E-state index in [9.17, 15) is 9.90 Å². The molecule has 0 aliphatic heterocycles. The lowest BCUT2D eigenvalue weighted by Gasteiger charge is -2.31. The number of benzene rings is 1. The summed E-state index contributed by atoms with van der Waals surface area (Å²) in [6.45, 7) is 0. The fraction of sp³-hybridized carbons (Fsp3) is 0.438. The molecule has 1 fully saturated rings. The van der Waals surface area contributed by atoms with Crippen LogP contribution in [-0.2, 0) is 4.79 Å². The van der Waals surface area contributed by atoms with E-state index in [1.54, 1.807) is 6.07 Å². The maximum Gasteiger partial charge on any atom is 0.249 e. The number of H-pyrrole nitrogens is 1. The Morgan fingerprint density at radius 1 is 1.30 bits per heavy atom. The summed E-state index contributed by atoms with van der Waals surface area (Å²) < 4.78 is 0. The number of aromatic amines is 1. The Labute approximate surface area is 139 Å². The van der Waals surface area contributed by atoms with Gasteiger partial charge in [0.1, 0.15) is 0 Å². The second-order valence-electron chi connectivity index (χ2n) is 6.00. The van der Waals surface area contributed by atoms with Crippen LogP contribution in [-0.4, -0.2) is 31.8 Å². The molecule has 0 atom stereocenters. The first kappa shape index (κ1) is 16.0. The maximum atomic E-state index is 12.1. The molecule has 1 amide bonds. The van der Waals surface area contributed by atoms with Crippen LogP contribution in [0.4, 0.5) is 5.95 Å². The molecule has 3 N–H and O–H groups in total. The van der Waals surface area contributed by atoms with E-state index in [2.05, 4.69) is 20.5 Å². The van der Waals surface area contributed by atoms with E-state index in [-0.39, 0.29) is 18.3 Å². The molecule has 0 radical (unpaired) electrons. The molecule has 2 aromatic rings. The van der Waals surface area contributed by atoms with Gasteiger partial charge in [0.15, 0.2) is 5.82 Å². The van der Waals surface area contributed by atoms with Crippen molar-refractivity contribution >= 4 is 23.5 Å². The van der Waals surface area contributed by atoms with Crippen LogP contribution in [0.5, 0.6) is 0 Å². The topological polar surface area (TPSA) is 90.9 Å². The SMILES string of the molecule is O=C(CC1(O)CCCCC1)Nc1n[nH]c(-c2ccccc2Cl)n1. The Morgan fingerprint density at radius 3 is 2.78 bits per heavy atom. The predicted octanol–water partition coefficient (Wildman–Crippen LogP) is 3.15. The van der Waals surface area contributed by atoms with Gasteiger partial charge in [-0.05, 0) is 25.0 Å². The van der Waals surface area contributed by atoms with Gasteiger partial charge < -0.3 is 5.11 Å². The molecule has 1 aromatic carbocycles. The van der Waals surface area contributed by atoms with Crippen LogP contribution in [0.3, 0.4) is 0 Å². The molecule has 7 heteroatoms. The first-order valence-electron chi connectivity index (χ1n) is 7.75. The standard InChI is InChI=1S/C16H19ClN4O2/c17-12-7-3-2-6-11(12)14-19-15(21-20-14)18-13(22)10-16(23)8-4-1-5-9-16/h2-3,6-7,23H,1,4-5,8-10H2,(H2,18,19,20,21,22). The van der Waals surface area contributed by atoms with E-state index in [1.807, 2.05) is 18.2 Å². The highest BCUT2D eigenvalue weighted by Gasteiger charge is 2.32. The van der Waals surface area contributed by atoms with Crippen molar-refractivity contribution in [3.8, 4) is 11.4 Å². The Hall–Kier alpha value is -1.92. The largest absolute Gasteiger partial charge is 0.389 e. The van der Waals surface area contributed by atoms with E-state index in [4.69, 9.17) is 11.6 Å². The van der Waals surface area contributed by atoms with Crippen molar-refractivity contribution in [3.63, 3.8) is 0 Å². The summed E-state index contributed by atoms with van der Waals surface area (Å²) in [6.07, 6.45) is 4.44. The van der Waals surface area contributed by atoms with Gasteiger partial charge >= 0.3 is 0 Å². The summed E-state index contributed by atoms with van der Waals surface area (Å²) in [5.74, 6) is 0.394. The second-order valence-corrected chi connectivity index (χ2v) is 6.40. The van der Waals surface area contributed by atoms with E-state index in [1.165, 1.54) is 0 Å². The number of rotatable bonds is 4. The third kappa shape index (κ3) is 3.89. The molecule has 0 spiro atoms. The number of carbonyl (C=O) groups excluding carboxylic acids is 1. The van der Waals surface area contributed by atoms with E-state index in [0.717, 1.165) is 19.3 Å². The minimum Gasteiger partial charge on any atom is -0.389 e. The fourth-order valence-electron chi connectivity index (χ4n) is 2.95. The average molecular weight is 335 g/mol. The summed E-state index contributed by atoms with van der Waals surface area (Å²) in [7, 11) is 0. The average Bonchev–Trinajstić information content (AvgIpc) is 2.96. The van der Waals surface area contributed by atoms with Crippen LogP contribution in [0, 0.1) is 0 Å². The van der Waals surface area contributed by atoms with Gasteiger partial charge in [0.05, 0.1) is 17.0 Å². The van der Waals surface area contributed by atoms with Crippen molar-refractivity contribution < 1.29 is 9.90 Å². The van der Waals surface area contributed by atoms with Gasteiger partial charge in [0.2, 0.25) is 11.9 Å². The Balaban J connectivity index is 1.65. The van der Waals surface area contributed by atoms with Crippen LogP contribution in [0.15, 0.2) is 24.3 Å². The molecular formula is C16H19ClN4O2. The number of halogens is 1. The Morgan fingerprint density at radius 2 is 2.04 bits per heavy atom. The van der Waals surface area contributed by atoms with E-state index in [0.29, 0.717) is 29.3 Å². The zero-order valence-corrected chi connectivity index (χ0v) is 13.4. The zero-order chi connectivity index (χ0) is 16.3. The number of carbonyl (C=O) groups is 1. The summed E-state index contributed by atoms with van der Waals surface area (Å²) in [5.41, 5.74) is -0.183. The highest BCUT2D eigenvalue weighted by molar-refractivity contribution is 6.33. The molecule has 1 aliphatic rings. The summed E-state index contributed by atoms with van der Waals surface area (Å²) in [4.78, 5) is 16.3. The van der Waals surface area contributed by atoms with Gasteiger partial charge in [0.25, 0.3) is 0 Å². The number of amides is 1. The zero-order valence-electron chi connectivity index (χ0n) is 12.7. The fourth-order valence-corrected chi connectivity index (χ4v) is 3.17. The Bertz CT molecular complexity index is 695. The third-order valence-electron chi connectivity index (χ3n) is 4.14. The van der Waals surface area contributed by atoms with Gasteiger partial charge in [-0.2, -0.15) is 4.98 Å². The van der Waals surface area contributed by atoms with E-state index < -0.39 is 5.60 Å². The predicted molar refractivity (Wildman–Crippen MR) is 88.1 cm³/mol. The molecule has 1 aliphatic carbocycles. The first-order valence-corrected chi connectivity index (χ1v) is 8.13. The normalized spacial score (nSPS) is 17.0. The van der Waals surface area contributed by atoms with Gasteiger partial charge in [-0.15, -0.1) is 5.10 Å². The van der Waals surface area contributed by atoms with Crippen LogP contribution in [0.2, 0.25) is 5.02 Å². The van der Waals surface area contributed by atoms with Crippen molar-refractivity contribution in [2.24, 2.45) is 0 Å². The molecule has 122 valence electrons. The second kappa shape index (κ2) is 6.68. The lowest BCUT2D eigenvalue weighted by atomic mass is 9.82. The highest BCUT2D eigenvalue weighted by atomic mass is 35.5. The van der Waals surface area contributed by atoms with Crippen molar-refractivity contribution in [2.45, 2.75) is 44.1 Å². The van der Waals surface area contributed by atoms with Crippen molar-refractivity contribution in [1.29, 1.82) is 0 Å². The molecule has 6 nitrogen and oxygen atoms in total. The number of aromatic nitrogens is 3. The molecule has 0 unspecified atom stereocenters. The van der Waals surface area contributed by atoms with Crippen LogP contribution in [0.1, 0.15) is 38.5 Å². The number of anilines is 1. The van der Waals surface area contributed by atoms with Gasteiger partial charge in [-0.1, -0.05) is 43.0 Å². The van der Waals surface area contributed by atoms with E-state index >= 15 is 0 Å². The third-order valence-corrected chi connectivity index (χ3v) is 4.47. The lowest BCUT2D eigenvalue weighted by molar-refractivity contribution is -0.122. The molecule has 3 rings (SSSR count). The summed E-state index contributed by atoms with van der Waals surface area (Å²) in [6, 6.07) is 7.26. The Kier molecular flexibility index (Phi) is 4.63. The van der Waals surface area contributed by atoms with Crippen LogP contribution in [0.25, 0.3) is 11.4 Å². The van der Waals surface area contributed by atoms with Gasteiger partial charge in [0, 0.05) is 5.56 Å². The van der Waals surface area contributed by atoms with Crippen molar-refractivity contribution in [3.05, 3.63) is 29.3 Å². The quantitative estimate of drug-likeness (QED) is 0.801. The van der Waals surface area contributed by atoms with Gasteiger partial charge in [-0.25, -0.2) is 0 Å². The number of nitrogens with zero attached hydrogens (tertiary/aromatic N) is 2. The molecule has 0 saturated heterocycles. The number of nitrogens with one attached hydrogen (secondary N) is 2. The number of aliphatic hydroxyl groups is 1. The van der Waals surface area contributed by atoms with Crippen molar-refractivity contribution in [1.82, 2.24) is 15.2 Å². The lowest BCUT2D eigenvalue weighted by Crippen LogP contribution is -2.36. The van der Waals surface area contributed by atoms with Gasteiger partial charge in [-0.3, -0.25) is 15.2 Å². The van der Waals surface area contributed by atoms with Crippen LogP contribution >= 0.6 is 11.6 Å². The van der Waals surface area contributed by atoms with Crippen LogP contribution < -0.4 is 5.32 Å². The van der Waals surface area contributed by atoms with Crippen molar-refractivity contribution in [2.75, 3.05) is 5.32 Å². The monoisotopic (exact) mass is 334 g/mol. The molecule has 23 heavy (non-hydrogen) atoms. The summed E-state index contributed by atoms with van der Waals surface area (Å²) >= 11 is 6.11. The number of hydrogen-bond acceptors (Lipinski definition) is 4. The maximum absolute atomic E-state index is 12.1. The minimum absolute atomic E-state index is 0.0724. The molecule has 1 aromatic heterocycles. The highest BCUT2D eigenvalue weighted by Crippen LogP contribution is 2.31. The molecule has 0 bridgehead atoms. The molecule has 1 heterocycles. The smallest absolute Gasteiger partial charge is 0.249 e. The molecular weight excluding hydrogens is 316 g/mol. The first-order chi connectivity index (χ1) is 11.1. The molecule has 1 saturated carbocycles. The minimum atomic E-state index is -0.899. The summed E-state index contributed by atoms with van der Waals surface area (Å²) in [5, 5.41) is 20.3.